The van der Waals surface area contributed by atoms with Crippen LogP contribution in [0.15, 0.2) is 78.9 Å². The Bertz CT molecular complexity index is 3540. The van der Waals surface area contributed by atoms with Crippen LogP contribution in [-0.2, 0) is 25.5 Å². The quantitative estimate of drug-likeness (QED) is 0.0329. The van der Waals surface area contributed by atoms with Crippen LogP contribution >= 0.6 is 46.4 Å². The molecule has 0 saturated heterocycles. The molecule has 5 N–H and O–H groups in total. The van der Waals surface area contributed by atoms with Gasteiger partial charge in [-0.25, -0.2) is 4.79 Å². The number of hydrogen-bond acceptors (Lipinski definition) is 9. The van der Waals surface area contributed by atoms with Crippen molar-refractivity contribution in [3.8, 4) is 53.3 Å². The first-order valence-electron chi connectivity index (χ1n) is 27.1. The number of ketones is 3. The van der Waals surface area contributed by atoms with Crippen LogP contribution in [-0.4, -0.2) is 80.6 Å². The van der Waals surface area contributed by atoms with Gasteiger partial charge in [-0.05, 0) is 167 Å². The zero-order valence-electron chi connectivity index (χ0n) is 49.1. The second kappa shape index (κ2) is 34.4. The molecule has 5 saturated carbocycles. The maximum Gasteiger partial charge on any atom is 1.00 e. The molecule has 93 heavy (non-hydrogen) atoms. The second-order valence-corrected chi connectivity index (χ2v) is 22.0. The smallest absolute Gasteiger partial charge is 0.693 e. The zero-order chi connectivity index (χ0) is 69.2. The van der Waals surface area contributed by atoms with Gasteiger partial charge in [0.15, 0.2) is 0 Å². The van der Waals surface area contributed by atoms with Crippen LogP contribution in [0.2, 0.25) is 20.1 Å². The molecule has 1 amide bonds. The Morgan fingerprint density at radius 1 is 0.559 bits per heavy atom. The summed E-state index contributed by atoms with van der Waals surface area (Å²) in [5, 5.41) is 21.5. The number of cyclic esters (lactones) is 1. The summed E-state index contributed by atoms with van der Waals surface area (Å²) in [6.45, 7) is 0. The average molecular weight is 1390 g/mol. The van der Waals surface area contributed by atoms with Gasteiger partial charge in [-0.1, -0.05) is 76.0 Å². The number of carbonyl (C=O) groups is 4. The number of Topliss-reactive ketones (excluding diaryl/α,β-unsaturated/α-hetero) is 3. The topological polar surface area (TPSA) is 146 Å². The number of aliphatic hydroxyl groups is 1. The van der Waals surface area contributed by atoms with E-state index >= 15 is 0 Å². The van der Waals surface area contributed by atoms with Gasteiger partial charge in [0.2, 0.25) is 5.60 Å². The van der Waals surface area contributed by atoms with E-state index in [4.69, 9.17) is 52.8 Å². The zero-order valence-corrected chi connectivity index (χ0v) is 52.2. The number of fused-ring (bicyclic) bond motifs is 1. The van der Waals surface area contributed by atoms with Crippen LogP contribution in [0.4, 0.5) is 93.4 Å². The van der Waals surface area contributed by atoms with Gasteiger partial charge in [0.1, 0.15) is 0 Å². The molecule has 30 heteroatoms. The summed E-state index contributed by atoms with van der Waals surface area (Å²) in [5.41, 5.74) is -6.03. The summed E-state index contributed by atoms with van der Waals surface area (Å²) in [6.07, 6.45) is -10.2. The molecule has 4 aromatic carbocycles. The van der Waals surface area contributed by atoms with Crippen molar-refractivity contribution in [1.82, 2.24) is 0 Å². The third kappa shape index (κ3) is 26.7. The van der Waals surface area contributed by atoms with Crippen LogP contribution in [0.25, 0.3) is 0 Å². The van der Waals surface area contributed by atoms with Crippen molar-refractivity contribution in [1.29, 1.82) is 0 Å². The number of halogens is 19. The summed E-state index contributed by atoms with van der Waals surface area (Å²) in [7, 11) is 4.78. The first kappa shape index (κ1) is 80.3. The van der Waals surface area contributed by atoms with Crippen LogP contribution in [0.1, 0.15) is 85.7 Å². The predicted octanol–water partition coefficient (Wildman–Crippen LogP) is 14.2. The van der Waals surface area contributed by atoms with Crippen molar-refractivity contribution >= 4 is 92.6 Å². The number of alkyl halides is 15. The Morgan fingerprint density at radius 2 is 0.978 bits per heavy atom. The SMILES string of the molecule is CNc1ccc(Cl)cc1.CNc1ccc(Cl)cc1C(=O)C(F)(F)F.CNc1ccc(Cl)cc1C(O)(C#CC1CC1)C(F)(F)F.O=C(C#CC1CC1)C(F)(F)F.O=C(C#CC1CC1)C(F)(F)F.O=C1Nc2ccc(Cl)cc2C(C#CC2CC2)(C(F)(F)F)O1.[C-]#CC1CC1.[Li+]. The van der Waals surface area contributed by atoms with Crippen molar-refractivity contribution in [2.45, 2.75) is 106 Å². The number of hydrogen-bond donors (Lipinski definition) is 5. The van der Waals surface area contributed by atoms with Gasteiger partial charge in [-0.3, -0.25) is 19.7 Å². The Balaban J connectivity index is 0.000000293. The molecule has 0 bridgehead atoms. The molecule has 5 fully saturated rings. The first-order chi connectivity index (χ1) is 42.7. The molecule has 0 spiro atoms. The molecule has 1 aliphatic heterocycles. The fraction of sp³-hybridized carbons (Fsp3) is 0.397. The molecular formula is C63H52Cl4F15LiN4O6. The molecule has 5 aliphatic carbocycles. The van der Waals surface area contributed by atoms with Gasteiger partial charge in [-0.15, -0.1) is 0 Å². The van der Waals surface area contributed by atoms with E-state index in [0.717, 1.165) is 80.3 Å². The predicted molar refractivity (Wildman–Crippen MR) is 317 cm³/mol. The van der Waals surface area contributed by atoms with Gasteiger partial charge in [0.25, 0.3) is 11.4 Å². The molecule has 10 rings (SSSR count). The van der Waals surface area contributed by atoms with Gasteiger partial charge in [-0.2, -0.15) is 65.9 Å². The van der Waals surface area contributed by atoms with E-state index in [2.05, 4.69) is 61.5 Å². The Kier molecular flexibility index (Phi) is 29.7. The number of rotatable bonds is 5. The second-order valence-electron chi connectivity index (χ2n) is 20.3. The maximum absolute atomic E-state index is 13.6. The summed E-state index contributed by atoms with van der Waals surface area (Å²) < 4.78 is 191. The minimum Gasteiger partial charge on any atom is -0.693 e. The largest absolute Gasteiger partial charge is 1.00 e. The third-order valence-corrected chi connectivity index (χ3v) is 13.4. The number of carbonyl (C=O) groups excluding carboxylic acids is 4. The molecule has 4 aromatic rings. The minimum atomic E-state index is -4.91. The normalized spacial score (nSPS) is 17.2. The monoisotopic (exact) mass is 1390 g/mol. The molecule has 2 atom stereocenters. The van der Waals surface area contributed by atoms with Crippen LogP contribution < -0.4 is 40.1 Å². The maximum atomic E-state index is 13.6. The van der Waals surface area contributed by atoms with Gasteiger partial charge in [0.05, 0.1) is 11.3 Å². The average Bonchev–Trinajstić information content (AvgIpc) is 1.71. The van der Waals surface area contributed by atoms with E-state index in [1.54, 1.807) is 11.8 Å². The Labute approximate surface area is 557 Å². The number of nitrogens with one attached hydrogen (secondary N) is 4. The number of benzene rings is 4. The van der Waals surface area contributed by atoms with Gasteiger partial charge < -0.3 is 38.1 Å². The van der Waals surface area contributed by atoms with Crippen molar-refractivity contribution in [2.24, 2.45) is 29.6 Å². The first-order valence-corrected chi connectivity index (χ1v) is 28.6. The van der Waals surface area contributed by atoms with Crippen molar-refractivity contribution < 1.29 is 114 Å². The molecule has 0 aromatic heterocycles. The van der Waals surface area contributed by atoms with E-state index in [1.807, 2.05) is 37.2 Å². The number of anilines is 4. The molecule has 6 aliphatic rings. The Hall–Kier alpha value is -6.97. The molecule has 2 unspecified atom stereocenters. The van der Waals surface area contributed by atoms with Crippen LogP contribution in [0, 0.1) is 89.3 Å². The third-order valence-electron chi connectivity index (χ3n) is 12.5. The van der Waals surface area contributed by atoms with E-state index in [9.17, 15) is 90.1 Å². The minimum absolute atomic E-state index is 0. The summed E-state index contributed by atoms with van der Waals surface area (Å²) in [4.78, 5) is 42.7. The van der Waals surface area contributed by atoms with Crippen LogP contribution in [0.5, 0.6) is 0 Å². The van der Waals surface area contributed by atoms with Gasteiger partial charge >= 0.3 is 67.4 Å². The fourth-order valence-electron chi connectivity index (χ4n) is 6.66. The number of amides is 1. The van der Waals surface area contributed by atoms with E-state index < -0.39 is 71.1 Å². The summed E-state index contributed by atoms with van der Waals surface area (Å²) >= 11 is 22.7. The van der Waals surface area contributed by atoms with Crippen LogP contribution in [0.3, 0.4) is 0 Å². The van der Waals surface area contributed by atoms with Crippen molar-refractivity contribution in [2.75, 3.05) is 42.4 Å². The molecule has 0 radical (unpaired) electrons. The van der Waals surface area contributed by atoms with E-state index in [-0.39, 0.29) is 85.8 Å². The van der Waals surface area contributed by atoms with Crippen molar-refractivity contribution in [3.05, 3.63) is 122 Å². The van der Waals surface area contributed by atoms with E-state index in [0.29, 0.717) is 5.92 Å². The van der Waals surface area contributed by atoms with Crippen molar-refractivity contribution in [3.63, 3.8) is 0 Å². The molecule has 10 nitrogen and oxygen atoms in total. The fourth-order valence-corrected chi connectivity index (χ4v) is 7.30. The standard InChI is InChI=1S/C14H9ClF3NO2.C14H13ClF3NO.C9H7ClF3NO.C7H8ClN.2C7H5F3O.C5H5.Li/c15-9-3-4-11-10(7-9)13(14(16,17)18,21-12(20)19-11)6-5-8-1-2-8;1-19-12-5-4-10(15)8-11(12)13(20,14(16,17)18)7-6-9-2-3-9;1-14-7-3-2-5(10)4-6(7)8(15)9(11,12)13;1-9-7-4-2-6(8)3-5-7;2*8-7(9,10)6(11)4-3-5-1-2-5;1-2-5-3-4-5;/h3-4,7-8H,1-2H2,(H,19,20);4-5,8-9,19-20H,2-3H2,1H3;2-4,14H,1H3;2-5,9H,1H3;2*5H,1-2H2;5H,3-4H2;/q;;;;;;-1;+1. The summed E-state index contributed by atoms with van der Waals surface area (Å²) in [6, 6.07) is 19.0. The molecular weight excluding hydrogens is 1340 g/mol. The number of ether oxygens (including phenoxy) is 1. The summed E-state index contributed by atoms with van der Waals surface area (Å²) in [5.74, 6) is 13.9. The molecule has 1 heterocycles. The Morgan fingerprint density at radius 3 is 1.38 bits per heavy atom. The van der Waals surface area contributed by atoms with Gasteiger partial charge in [0, 0.05) is 93.1 Å². The van der Waals surface area contributed by atoms with E-state index in [1.165, 1.54) is 63.3 Å². The molecule has 494 valence electrons.